The SMILES string of the molecule is COC(C)(C)CCC(NN)c1cccc(Cl)c1C. The molecule has 1 rings (SSSR count). The molecule has 1 aromatic rings. The van der Waals surface area contributed by atoms with Crippen LogP contribution in [0, 0.1) is 6.92 Å². The lowest BCUT2D eigenvalue weighted by atomic mass is 9.93. The summed E-state index contributed by atoms with van der Waals surface area (Å²) >= 11 is 6.14. The molecule has 3 nitrogen and oxygen atoms in total. The van der Waals surface area contributed by atoms with Crippen LogP contribution in [0.4, 0.5) is 0 Å². The Morgan fingerprint density at radius 3 is 2.67 bits per heavy atom. The average molecular weight is 271 g/mol. The summed E-state index contributed by atoms with van der Waals surface area (Å²) in [6, 6.07) is 6.01. The Kier molecular flexibility index (Phi) is 5.60. The number of nitrogens with one attached hydrogen (secondary N) is 1. The van der Waals surface area contributed by atoms with E-state index in [9.17, 15) is 0 Å². The minimum absolute atomic E-state index is 0.0955. The zero-order valence-corrected chi connectivity index (χ0v) is 12.3. The van der Waals surface area contributed by atoms with Gasteiger partial charge in [0.05, 0.1) is 5.60 Å². The Morgan fingerprint density at radius 1 is 1.44 bits per heavy atom. The van der Waals surface area contributed by atoms with Crippen molar-refractivity contribution in [1.29, 1.82) is 0 Å². The number of nitrogens with two attached hydrogens (primary N) is 1. The molecule has 1 atom stereocenters. The maximum Gasteiger partial charge on any atom is 0.0623 e. The third-order valence-electron chi connectivity index (χ3n) is 3.47. The molecule has 0 saturated heterocycles. The largest absolute Gasteiger partial charge is 0.379 e. The number of methoxy groups -OCH3 is 1. The summed E-state index contributed by atoms with van der Waals surface area (Å²) in [5.41, 5.74) is 4.96. The second-order valence-electron chi connectivity index (χ2n) is 5.18. The standard InChI is InChI=1S/C14H23ClN2O/c1-10-11(6-5-7-12(10)15)13(17-16)8-9-14(2,3)18-4/h5-7,13,17H,8-9,16H2,1-4H3. The fourth-order valence-electron chi connectivity index (χ4n) is 1.92. The number of hydrogen-bond donors (Lipinski definition) is 2. The lowest BCUT2D eigenvalue weighted by Gasteiger charge is -2.26. The maximum atomic E-state index is 6.14. The van der Waals surface area contributed by atoms with Crippen molar-refractivity contribution in [2.24, 2.45) is 5.84 Å². The minimum Gasteiger partial charge on any atom is -0.379 e. The molecule has 0 aliphatic carbocycles. The molecule has 0 heterocycles. The first-order valence-corrected chi connectivity index (χ1v) is 6.55. The van der Waals surface area contributed by atoms with Gasteiger partial charge in [0.2, 0.25) is 0 Å². The predicted molar refractivity (Wildman–Crippen MR) is 76.6 cm³/mol. The summed E-state index contributed by atoms with van der Waals surface area (Å²) < 4.78 is 5.43. The third kappa shape index (κ3) is 3.95. The van der Waals surface area contributed by atoms with Gasteiger partial charge in [-0.15, -0.1) is 0 Å². The quantitative estimate of drug-likeness (QED) is 0.616. The number of benzene rings is 1. The molecule has 0 saturated carbocycles. The molecular weight excluding hydrogens is 248 g/mol. The molecule has 0 aliphatic heterocycles. The van der Waals surface area contributed by atoms with Crippen LogP contribution in [0.3, 0.4) is 0 Å². The van der Waals surface area contributed by atoms with Gasteiger partial charge in [0.25, 0.3) is 0 Å². The highest BCUT2D eigenvalue weighted by molar-refractivity contribution is 6.31. The van der Waals surface area contributed by atoms with E-state index in [2.05, 4.69) is 25.3 Å². The number of hydrazine groups is 1. The molecule has 0 spiro atoms. The van der Waals surface area contributed by atoms with Crippen molar-refractivity contribution in [3.63, 3.8) is 0 Å². The van der Waals surface area contributed by atoms with Gasteiger partial charge >= 0.3 is 0 Å². The normalized spacial score (nSPS) is 13.7. The second kappa shape index (κ2) is 6.53. The molecule has 0 amide bonds. The van der Waals surface area contributed by atoms with E-state index in [0.29, 0.717) is 0 Å². The van der Waals surface area contributed by atoms with Gasteiger partial charge in [0.15, 0.2) is 0 Å². The van der Waals surface area contributed by atoms with E-state index in [1.807, 2.05) is 19.1 Å². The van der Waals surface area contributed by atoms with Crippen molar-refractivity contribution in [3.8, 4) is 0 Å². The van der Waals surface area contributed by atoms with Crippen molar-refractivity contribution in [2.75, 3.05) is 7.11 Å². The summed E-state index contributed by atoms with van der Waals surface area (Å²) in [4.78, 5) is 0. The van der Waals surface area contributed by atoms with Crippen LogP contribution in [0.25, 0.3) is 0 Å². The number of hydrogen-bond acceptors (Lipinski definition) is 3. The molecule has 1 unspecified atom stereocenters. The summed E-state index contributed by atoms with van der Waals surface area (Å²) in [5, 5.41) is 0.777. The van der Waals surface area contributed by atoms with Gasteiger partial charge in [0, 0.05) is 18.2 Å². The Bertz CT molecular complexity index is 393. The third-order valence-corrected chi connectivity index (χ3v) is 3.88. The molecule has 0 radical (unpaired) electrons. The molecule has 0 bridgehead atoms. The van der Waals surface area contributed by atoms with E-state index in [-0.39, 0.29) is 11.6 Å². The molecule has 3 N–H and O–H groups in total. The first-order valence-electron chi connectivity index (χ1n) is 6.17. The molecule has 0 fully saturated rings. The summed E-state index contributed by atoms with van der Waals surface area (Å²) in [7, 11) is 1.73. The summed E-state index contributed by atoms with van der Waals surface area (Å²) in [6.45, 7) is 6.17. The van der Waals surface area contributed by atoms with Crippen molar-refractivity contribution >= 4 is 11.6 Å². The van der Waals surface area contributed by atoms with E-state index in [1.54, 1.807) is 7.11 Å². The van der Waals surface area contributed by atoms with Crippen LogP contribution in [0.2, 0.25) is 5.02 Å². The van der Waals surface area contributed by atoms with Gasteiger partial charge in [0.1, 0.15) is 0 Å². The van der Waals surface area contributed by atoms with E-state index in [0.717, 1.165) is 29.0 Å². The van der Waals surface area contributed by atoms with Gasteiger partial charge in [-0.2, -0.15) is 0 Å². The van der Waals surface area contributed by atoms with Gasteiger partial charge in [-0.3, -0.25) is 11.3 Å². The monoisotopic (exact) mass is 270 g/mol. The second-order valence-corrected chi connectivity index (χ2v) is 5.58. The first-order chi connectivity index (χ1) is 8.41. The van der Waals surface area contributed by atoms with Crippen molar-refractivity contribution in [2.45, 2.75) is 45.3 Å². The Balaban J connectivity index is 2.81. The predicted octanol–water partition coefficient (Wildman–Crippen LogP) is 3.36. The minimum atomic E-state index is -0.137. The summed E-state index contributed by atoms with van der Waals surface area (Å²) in [5.74, 6) is 5.66. The highest BCUT2D eigenvalue weighted by Crippen LogP contribution is 2.28. The van der Waals surface area contributed by atoms with Crippen molar-refractivity contribution < 1.29 is 4.74 Å². The molecule has 1 aromatic carbocycles. The maximum absolute atomic E-state index is 6.14. The highest BCUT2D eigenvalue weighted by Gasteiger charge is 2.20. The van der Waals surface area contributed by atoms with E-state index < -0.39 is 0 Å². The van der Waals surface area contributed by atoms with Crippen LogP contribution in [0.1, 0.15) is 43.9 Å². The Hall–Kier alpha value is -0.610. The van der Waals surface area contributed by atoms with Crippen LogP contribution in [-0.4, -0.2) is 12.7 Å². The molecule has 102 valence electrons. The zero-order valence-electron chi connectivity index (χ0n) is 11.6. The number of halogens is 1. The molecule has 0 aromatic heterocycles. The molecule has 0 aliphatic rings. The van der Waals surface area contributed by atoms with Gasteiger partial charge < -0.3 is 4.74 Å². The Morgan fingerprint density at radius 2 is 2.11 bits per heavy atom. The topological polar surface area (TPSA) is 47.3 Å². The van der Waals surface area contributed by atoms with E-state index >= 15 is 0 Å². The number of ether oxygens (including phenoxy) is 1. The molecule has 4 heteroatoms. The van der Waals surface area contributed by atoms with Crippen molar-refractivity contribution in [1.82, 2.24) is 5.43 Å². The summed E-state index contributed by atoms with van der Waals surface area (Å²) in [6.07, 6.45) is 1.82. The first kappa shape index (κ1) is 15.4. The fraction of sp³-hybridized carbons (Fsp3) is 0.571. The molecular formula is C14H23ClN2O. The van der Waals surface area contributed by atoms with Crippen LogP contribution in [-0.2, 0) is 4.74 Å². The average Bonchev–Trinajstić information content (AvgIpc) is 2.35. The van der Waals surface area contributed by atoms with Gasteiger partial charge in [-0.05, 0) is 50.8 Å². The smallest absolute Gasteiger partial charge is 0.0623 e. The lowest BCUT2D eigenvalue weighted by molar-refractivity contribution is 0.0116. The van der Waals surface area contributed by atoms with Crippen molar-refractivity contribution in [3.05, 3.63) is 34.3 Å². The van der Waals surface area contributed by atoms with E-state index in [4.69, 9.17) is 22.2 Å². The fourth-order valence-corrected chi connectivity index (χ4v) is 2.11. The van der Waals surface area contributed by atoms with E-state index in [1.165, 1.54) is 0 Å². The number of rotatable bonds is 6. The van der Waals surface area contributed by atoms with Crippen LogP contribution in [0.15, 0.2) is 18.2 Å². The highest BCUT2D eigenvalue weighted by atomic mass is 35.5. The van der Waals surface area contributed by atoms with Gasteiger partial charge in [-0.25, -0.2) is 0 Å². The Labute approximate surface area is 115 Å². The molecule has 18 heavy (non-hydrogen) atoms. The van der Waals surface area contributed by atoms with Gasteiger partial charge in [-0.1, -0.05) is 23.7 Å². The van der Waals surface area contributed by atoms with Crippen LogP contribution in [0.5, 0.6) is 0 Å². The van der Waals surface area contributed by atoms with Crippen LogP contribution >= 0.6 is 11.6 Å². The lowest BCUT2D eigenvalue weighted by Crippen LogP contribution is -2.31. The zero-order chi connectivity index (χ0) is 13.8. The van der Waals surface area contributed by atoms with Crippen LogP contribution < -0.4 is 11.3 Å².